The first-order valence-corrected chi connectivity index (χ1v) is 6.46. The van der Waals surface area contributed by atoms with Crippen LogP contribution in [0.1, 0.15) is 32.1 Å². The fourth-order valence-corrected chi connectivity index (χ4v) is 3.21. The van der Waals surface area contributed by atoms with Crippen LogP contribution < -0.4 is 5.73 Å². The Labute approximate surface area is 98.8 Å². The van der Waals surface area contributed by atoms with Crippen molar-refractivity contribution >= 4 is 29.3 Å². The van der Waals surface area contributed by atoms with E-state index >= 15 is 0 Å². The monoisotopic (exact) mass is 243 g/mol. The smallest absolute Gasteiger partial charge is 0.221 e. The van der Waals surface area contributed by atoms with E-state index in [0.717, 1.165) is 5.03 Å². The number of halogens is 1. The lowest BCUT2D eigenvalue weighted by atomic mass is 10.0. The zero-order chi connectivity index (χ0) is 10.7. The van der Waals surface area contributed by atoms with Gasteiger partial charge in [-0.3, -0.25) is 0 Å². The van der Waals surface area contributed by atoms with Crippen LogP contribution >= 0.6 is 23.4 Å². The predicted octanol–water partition coefficient (Wildman–Crippen LogP) is 3.14. The van der Waals surface area contributed by atoms with E-state index in [-0.39, 0.29) is 0 Å². The normalized spacial score (nSPS) is 17.9. The lowest BCUT2D eigenvalue weighted by Gasteiger charge is -2.20. The molecular formula is C10H14ClN3S. The Morgan fingerprint density at radius 1 is 1.33 bits per heavy atom. The van der Waals surface area contributed by atoms with Crippen molar-refractivity contribution in [1.29, 1.82) is 0 Å². The molecule has 0 aliphatic heterocycles. The summed E-state index contributed by atoms with van der Waals surface area (Å²) in [5.74, 6) is 0.303. The molecule has 1 aromatic heterocycles. The van der Waals surface area contributed by atoms with E-state index in [0.29, 0.717) is 16.2 Å². The lowest BCUT2D eigenvalue weighted by molar-refractivity contribution is 0.515. The Bertz CT molecular complexity index is 339. The van der Waals surface area contributed by atoms with Gasteiger partial charge in [0.2, 0.25) is 5.95 Å². The highest BCUT2D eigenvalue weighted by Crippen LogP contribution is 2.35. The van der Waals surface area contributed by atoms with Gasteiger partial charge >= 0.3 is 0 Å². The van der Waals surface area contributed by atoms with Gasteiger partial charge in [0.05, 0.1) is 11.2 Å². The summed E-state index contributed by atoms with van der Waals surface area (Å²) >= 11 is 7.76. The van der Waals surface area contributed by atoms with Crippen LogP contribution in [0, 0.1) is 0 Å². The molecule has 82 valence electrons. The molecule has 1 heterocycles. The number of nitrogens with two attached hydrogens (primary N) is 1. The fourth-order valence-electron chi connectivity index (χ4n) is 1.79. The maximum Gasteiger partial charge on any atom is 0.221 e. The van der Waals surface area contributed by atoms with E-state index in [1.54, 1.807) is 18.0 Å². The molecule has 0 atom stereocenters. The van der Waals surface area contributed by atoms with E-state index in [1.165, 1.54) is 32.1 Å². The molecule has 1 aromatic rings. The van der Waals surface area contributed by atoms with Crippen molar-refractivity contribution < 1.29 is 0 Å². The first-order valence-electron chi connectivity index (χ1n) is 5.20. The summed E-state index contributed by atoms with van der Waals surface area (Å²) in [6.45, 7) is 0. The zero-order valence-electron chi connectivity index (χ0n) is 8.45. The van der Waals surface area contributed by atoms with Crippen LogP contribution in [-0.2, 0) is 0 Å². The molecule has 2 N–H and O–H groups in total. The van der Waals surface area contributed by atoms with Gasteiger partial charge in [-0.25, -0.2) is 9.97 Å². The van der Waals surface area contributed by atoms with Crippen LogP contribution in [0.2, 0.25) is 5.02 Å². The largest absolute Gasteiger partial charge is 0.368 e. The summed E-state index contributed by atoms with van der Waals surface area (Å²) in [7, 11) is 0. The van der Waals surface area contributed by atoms with Crippen molar-refractivity contribution in [2.45, 2.75) is 42.4 Å². The first kappa shape index (κ1) is 11.0. The molecule has 1 saturated carbocycles. The number of nitrogen functional groups attached to an aromatic ring is 1. The van der Waals surface area contributed by atoms with Crippen molar-refractivity contribution in [1.82, 2.24) is 9.97 Å². The second kappa shape index (κ2) is 5.03. The van der Waals surface area contributed by atoms with E-state index in [2.05, 4.69) is 9.97 Å². The molecule has 0 bridgehead atoms. The van der Waals surface area contributed by atoms with Crippen molar-refractivity contribution in [2.75, 3.05) is 5.73 Å². The molecule has 2 rings (SSSR count). The number of thioether (sulfide) groups is 1. The quantitative estimate of drug-likeness (QED) is 0.811. The van der Waals surface area contributed by atoms with Gasteiger partial charge in [-0.05, 0) is 12.8 Å². The minimum atomic E-state index is 0.303. The molecule has 1 aliphatic carbocycles. The van der Waals surface area contributed by atoms with Crippen molar-refractivity contribution in [3.8, 4) is 0 Å². The standard InChI is InChI=1S/C10H14ClN3S/c11-8-6-13-10(12)14-9(8)15-7-4-2-1-3-5-7/h6-7H,1-5H2,(H2,12,13,14). The van der Waals surface area contributed by atoms with Gasteiger partial charge in [0, 0.05) is 5.25 Å². The van der Waals surface area contributed by atoms with Gasteiger partial charge in [0.25, 0.3) is 0 Å². The van der Waals surface area contributed by atoms with Crippen LogP contribution in [0.15, 0.2) is 11.2 Å². The number of nitrogens with zero attached hydrogens (tertiary/aromatic N) is 2. The van der Waals surface area contributed by atoms with Gasteiger partial charge < -0.3 is 5.73 Å². The molecular weight excluding hydrogens is 230 g/mol. The summed E-state index contributed by atoms with van der Waals surface area (Å²) < 4.78 is 0. The van der Waals surface area contributed by atoms with Gasteiger partial charge in [-0.2, -0.15) is 0 Å². The molecule has 5 heteroatoms. The van der Waals surface area contributed by atoms with E-state index in [4.69, 9.17) is 17.3 Å². The molecule has 1 aliphatic rings. The summed E-state index contributed by atoms with van der Waals surface area (Å²) in [6.07, 6.45) is 8.08. The summed E-state index contributed by atoms with van der Waals surface area (Å²) in [5, 5.41) is 2.08. The van der Waals surface area contributed by atoms with E-state index < -0.39 is 0 Å². The number of hydrogen-bond donors (Lipinski definition) is 1. The van der Waals surface area contributed by atoms with Gasteiger partial charge in [0.1, 0.15) is 5.03 Å². The topological polar surface area (TPSA) is 51.8 Å². The molecule has 0 radical (unpaired) electrons. The number of aromatic nitrogens is 2. The van der Waals surface area contributed by atoms with Crippen molar-refractivity contribution in [3.05, 3.63) is 11.2 Å². The Balaban J connectivity index is 2.05. The molecule has 3 nitrogen and oxygen atoms in total. The van der Waals surface area contributed by atoms with Crippen LogP contribution in [0.5, 0.6) is 0 Å². The Kier molecular flexibility index (Phi) is 3.70. The van der Waals surface area contributed by atoms with Gasteiger partial charge in [-0.1, -0.05) is 30.9 Å². The molecule has 0 saturated heterocycles. The minimum absolute atomic E-state index is 0.303. The SMILES string of the molecule is Nc1ncc(Cl)c(SC2CCCCC2)n1. The van der Waals surface area contributed by atoms with Crippen LogP contribution in [-0.4, -0.2) is 15.2 Å². The minimum Gasteiger partial charge on any atom is -0.368 e. The second-order valence-electron chi connectivity index (χ2n) is 3.76. The Hall–Kier alpha value is -0.480. The molecule has 0 unspecified atom stereocenters. The Morgan fingerprint density at radius 2 is 2.07 bits per heavy atom. The molecule has 0 spiro atoms. The van der Waals surface area contributed by atoms with Gasteiger partial charge in [-0.15, -0.1) is 11.8 Å². The lowest BCUT2D eigenvalue weighted by Crippen LogP contribution is -2.08. The number of anilines is 1. The van der Waals surface area contributed by atoms with E-state index in [9.17, 15) is 0 Å². The molecule has 0 amide bonds. The number of hydrogen-bond acceptors (Lipinski definition) is 4. The third kappa shape index (κ3) is 2.98. The average Bonchev–Trinajstić information content (AvgIpc) is 2.25. The van der Waals surface area contributed by atoms with Crippen LogP contribution in [0.25, 0.3) is 0 Å². The highest BCUT2D eigenvalue weighted by molar-refractivity contribution is 8.00. The van der Waals surface area contributed by atoms with E-state index in [1.807, 2.05) is 0 Å². The summed E-state index contributed by atoms with van der Waals surface area (Å²) in [4.78, 5) is 8.02. The van der Waals surface area contributed by atoms with Crippen LogP contribution in [0.4, 0.5) is 5.95 Å². The summed E-state index contributed by atoms with van der Waals surface area (Å²) in [6, 6.07) is 0. The first-order chi connectivity index (χ1) is 7.25. The molecule has 1 fully saturated rings. The average molecular weight is 244 g/mol. The highest BCUT2D eigenvalue weighted by atomic mass is 35.5. The van der Waals surface area contributed by atoms with Crippen LogP contribution in [0.3, 0.4) is 0 Å². The third-order valence-electron chi connectivity index (χ3n) is 2.56. The van der Waals surface area contributed by atoms with Crippen molar-refractivity contribution in [3.63, 3.8) is 0 Å². The second-order valence-corrected chi connectivity index (χ2v) is 5.46. The number of rotatable bonds is 2. The fraction of sp³-hybridized carbons (Fsp3) is 0.600. The maximum atomic E-state index is 6.01. The molecule has 15 heavy (non-hydrogen) atoms. The zero-order valence-corrected chi connectivity index (χ0v) is 10.0. The third-order valence-corrected chi connectivity index (χ3v) is 4.29. The van der Waals surface area contributed by atoms with Crippen molar-refractivity contribution in [2.24, 2.45) is 0 Å². The Morgan fingerprint density at radius 3 is 2.80 bits per heavy atom. The summed E-state index contributed by atoms with van der Waals surface area (Å²) in [5.41, 5.74) is 5.54. The predicted molar refractivity (Wildman–Crippen MR) is 64.2 cm³/mol. The maximum absolute atomic E-state index is 6.01. The molecule has 0 aromatic carbocycles. The van der Waals surface area contributed by atoms with Gasteiger partial charge in [0.15, 0.2) is 0 Å². The highest BCUT2D eigenvalue weighted by Gasteiger charge is 2.17.